The smallest absolute Gasteiger partial charge is 0.269 e. The van der Waals surface area contributed by atoms with E-state index in [4.69, 9.17) is 11.2 Å². The molecule has 0 aliphatic rings. The Balaban J connectivity index is 2.13. The van der Waals surface area contributed by atoms with Gasteiger partial charge in [-0.15, -0.1) is 6.42 Å². The first-order valence-corrected chi connectivity index (χ1v) is 5.18. The maximum Gasteiger partial charge on any atom is 0.269 e. The van der Waals surface area contributed by atoms with Gasteiger partial charge in [-0.3, -0.25) is 10.1 Å². The van der Waals surface area contributed by atoms with E-state index in [1.807, 2.05) is 0 Å². The second-order valence-electron chi connectivity index (χ2n) is 3.52. The lowest BCUT2D eigenvalue weighted by Crippen LogP contribution is -1.88. The molecule has 4 nitrogen and oxygen atoms in total. The Morgan fingerprint density at radius 1 is 1.00 bits per heavy atom. The molecule has 0 aromatic heterocycles. The molecule has 88 valence electrons. The largest absolute Gasteiger partial charge is 0.457 e. The van der Waals surface area contributed by atoms with Crippen molar-refractivity contribution in [3.05, 3.63) is 64.2 Å². The van der Waals surface area contributed by atoms with Crippen molar-refractivity contribution in [3.8, 4) is 23.8 Å². The van der Waals surface area contributed by atoms with Crippen molar-refractivity contribution in [1.29, 1.82) is 0 Å². The zero-order chi connectivity index (χ0) is 13.0. The fourth-order valence-electron chi connectivity index (χ4n) is 1.39. The first-order valence-electron chi connectivity index (χ1n) is 5.18. The molecule has 0 aliphatic carbocycles. The lowest BCUT2D eigenvalue weighted by Gasteiger charge is -2.05. The first kappa shape index (κ1) is 11.7. The summed E-state index contributed by atoms with van der Waals surface area (Å²) in [5, 5.41) is 10.5. The van der Waals surface area contributed by atoms with Crippen LogP contribution in [0.4, 0.5) is 5.69 Å². The molecule has 0 amide bonds. The maximum absolute atomic E-state index is 10.5. The highest BCUT2D eigenvalue weighted by atomic mass is 16.6. The second kappa shape index (κ2) is 5.02. The van der Waals surface area contributed by atoms with Crippen molar-refractivity contribution in [2.24, 2.45) is 0 Å². The second-order valence-corrected chi connectivity index (χ2v) is 3.52. The van der Waals surface area contributed by atoms with E-state index in [1.165, 1.54) is 12.1 Å². The number of nitro groups is 1. The normalized spacial score (nSPS) is 9.50. The van der Waals surface area contributed by atoms with E-state index in [9.17, 15) is 10.1 Å². The molecular weight excluding hydrogens is 230 g/mol. The van der Waals surface area contributed by atoms with Crippen LogP contribution in [0.1, 0.15) is 5.56 Å². The number of benzene rings is 2. The van der Waals surface area contributed by atoms with Gasteiger partial charge in [0.25, 0.3) is 5.69 Å². The molecule has 0 heterocycles. The summed E-state index contributed by atoms with van der Waals surface area (Å²) in [4.78, 5) is 10.0. The zero-order valence-electron chi connectivity index (χ0n) is 9.37. The minimum absolute atomic E-state index is 0.0324. The summed E-state index contributed by atoms with van der Waals surface area (Å²) in [7, 11) is 0. The van der Waals surface area contributed by atoms with Gasteiger partial charge in [-0.1, -0.05) is 5.92 Å². The number of rotatable bonds is 3. The maximum atomic E-state index is 10.5. The molecule has 4 heteroatoms. The number of terminal acetylenes is 1. The van der Waals surface area contributed by atoms with E-state index in [2.05, 4.69) is 5.92 Å². The number of hydrogen-bond acceptors (Lipinski definition) is 3. The summed E-state index contributed by atoms with van der Waals surface area (Å²) in [6.45, 7) is 0. The van der Waals surface area contributed by atoms with Gasteiger partial charge in [-0.2, -0.15) is 0 Å². The average Bonchev–Trinajstić information content (AvgIpc) is 2.40. The van der Waals surface area contributed by atoms with Crippen LogP contribution in [-0.4, -0.2) is 4.92 Å². The molecule has 0 radical (unpaired) electrons. The van der Waals surface area contributed by atoms with Gasteiger partial charge in [-0.05, 0) is 36.4 Å². The molecule has 2 aromatic carbocycles. The molecule has 2 rings (SSSR count). The molecule has 0 saturated carbocycles. The topological polar surface area (TPSA) is 52.4 Å². The van der Waals surface area contributed by atoms with Crippen molar-refractivity contribution in [1.82, 2.24) is 0 Å². The van der Waals surface area contributed by atoms with Crippen molar-refractivity contribution in [2.75, 3.05) is 0 Å². The predicted molar refractivity (Wildman–Crippen MR) is 67.5 cm³/mol. The van der Waals surface area contributed by atoms with E-state index in [0.717, 1.165) is 5.56 Å². The fraction of sp³-hybridized carbons (Fsp3) is 0. The Labute approximate surface area is 104 Å². The predicted octanol–water partition coefficient (Wildman–Crippen LogP) is 3.37. The van der Waals surface area contributed by atoms with Gasteiger partial charge in [-0.25, -0.2) is 0 Å². The minimum Gasteiger partial charge on any atom is -0.457 e. The van der Waals surface area contributed by atoms with Crippen LogP contribution in [0.15, 0.2) is 48.5 Å². The summed E-state index contributed by atoms with van der Waals surface area (Å²) >= 11 is 0. The monoisotopic (exact) mass is 239 g/mol. The third kappa shape index (κ3) is 2.66. The third-order valence-corrected chi connectivity index (χ3v) is 2.30. The van der Waals surface area contributed by atoms with E-state index < -0.39 is 4.92 Å². The van der Waals surface area contributed by atoms with Crippen LogP contribution >= 0.6 is 0 Å². The van der Waals surface area contributed by atoms with E-state index >= 15 is 0 Å². The Morgan fingerprint density at radius 3 is 1.94 bits per heavy atom. The average molecular weight is 239 g/mol. The molecule has 2 aromatic rings. The SMILES string of the molecule is C#Cc1ccc(Oc2ccc([N+](=O)[O-])cc2)cc1. The lowest BCUT2D eigenvalue weighted by molar-refractivity contribution is -0.384. The standard InChI is InChI=1S/C14H9NO3/c1-2-11-3-7-13(8-4-11)18-14-9-5-12(6-10-14)15(16)17/h1,3-10H. The highest BCUT2D eigenvalue weighted by molar-refractivity contribution is 5.41. The molecule has 0 aliphatic heterocycles. The van der Waals surface area contributed by atoms with Gasteiger partial charge in [0.1, 0.15) is 11.5 Å². The van der Waals surface area contributed by atoms with Gasteiger partial charge in [0, 0.05) is 17.7 Å². The minimum atomic E-state index is -0.453. The summed E-state index contributed by atoms with van der Waals surface area (Å²) in [6.07, 6.45) is 5.24. The van der Waals surface area contributed by atoms with Crippen molar-refractivity contribution >= 4 is 5.69 Å². The molecular formula is C14H9NO3. The summed E-state index contributed by atoms with van der Waals surface area (Å²) in [5.74, 6) is 3.67. The highest BCUT2D eigenvalue weighted by Gasteiger charge is 2.04. The number of ether oxygens (including phenoxy) is 1. The number of nitro benzene ring substituents is 1. The van der Waals surface area contributed by atoms with Crippen LogP contribution in [0.25, 0.3) is 0 Å². The molecule has 18 heavy (non-hydrogen) atoms. The van der Waals surface area contributed by atoms with Crippen LogP contribution in [-0.2, 0) is 0 Å². The summed E-state index contributed by atoms with van der Waals surface area (Å²) < 4.78 is 5.52. The lowest BCUT2D eigenvalue weighted by atomic mass is 10.2. The number of nitrogens with zero attached hydrogens (tertiary/aromatic N) is 1. The number of non-ortho nitro benzene ring substituents is 1. The van der Waals surface area contributed by atoms with Crippen LogP contribution in [0.2, 0.25) is 0 Å². The van der Waals surface area contributed by atoms with Gasteiger partial charge < -0.3 is 4.74 Å². The molecule has 0 N–H and O–H groups in total. The zero-order valence-corrected chi connectivity index (χ0v) is 9.37. The number of hydrogen-bond donors (Lipinski definition) is 0. The molecule has 0 fully saturated rings. The van der Waals surface area contributed by atoms with Crippen LogP contribution in [0.5, 0.6) is 11.5 Å². The first-order chi connectivity index (χ1) is 8.69. The Hall–Kier alpha value is -2.80. The van der Waals surface area contributed by atoms with Gasteiger partial charge in [0.2, 0.25) is 0 Å². The van der Waals surface area contributed by atoms with Crippen molar-refractivity contribution < 1.29 is 9.66 Å². The molecule has 0 unspecified atom stereocenters. The van der Waals surface area contributed by atoms with Crippen LogP contribution < -0.4 is 4.74 Å². The molecule has 0 spiro atoms. The Kier molecular flexibility index (Phi) is 3.26. The van der Waals surface area contributed by atoms with Crippen molar-refractivity contribution in [2.45, 2.75) is 0 Å². The quantitative estimate of drug-likeness (QED) is 0.468. The summed E-state index contributed by atoms with van der Waals surface area (Å²) in [5.41, 5.74) is 0.802. The van der Waals surface area contributed by atoms with E-state index in [-0.39, 0.29) is 5.69 Å². The molecule has 0 atom stereocenters. The van der Waals surface area contributed by atoms with Gasteiger partial charge >= 0.3 is 0 Å². The van der Waals surface area contributed by atoms with Crippen LogP contribution in [0.3, 0.4) is 0 Å². The van der Waals surface area contributed by atoms with Gasteiger partial charge in [0.15, 0.2) is 0 Å². The molecule has 0 bridgehead atoms. The van der Waals surface area contributed by atoms with E-state index in [1.54, 1.807) is 36.4 Å². The van der Waals surface area contributed by atoms with E-state index in [0.29, 0.717) is 11.5 Å². The third-order valence-electron chi connectivity index (χ3n) is 2.30. The Bertz CT molecular complexity index is 594. The van der Waals surface area contributed by atoms with Crippen LogP contribution in [0, 0.1) is 22.5 Å². The van der Waals surface area contributed by atoms with Crippen molar-refractivity contribution in [3.63, 3.8) is 0 Å². The fourth-order valence-corrected chi connectivity index (χ4v) is 1.39. The highest BCUT2D eigenvalue weighted by Crippen LogP contribution is 2.23. The van der Waals surface area contributed by atoms with Gasteiger partial charge in [0.05, 0.1) is 4.92 Å². The molecule has 0 saturated heterocycles. The summed E-state index contributed by atoms with van der Waals surface area (Å²) in [6, 6.07) is 12.9. The Morgan fingerprint density at radius 2 is 1.50 bits per heavy atom.